The SMILES string of the molecule is CCC(C)(O)CNC(C)c1ccc(C)c(F)c1. The lowest BCUT2D eigenvalue weighted by atomic mass is 10.0. The number of rotatable bonds is 5. The molecule has 17 heavy (non-hydrogen) atoms. The van der Waals surface area contributed by atoms with Crippen molar-refractivity contribution in [3.63, 3.8) is 0 Å². The number of benzene rings is 1. The van der Waals surface area contributed by atoms with Gasteiger partial charge in [0, 0.05) is 12.6 Å². The topological polar surface area (TPSA) is 32.3 Å². The third kappa shape index (κ3) is 4.10. The second-order valence-corrected chi connectivity index (χ2v) is 4.96. The Hall–Kier alpha value is -0.930. The molecule has 0 aromatic heterocycles. The van der Waals surface area contributed by atoms with Gasteiger partial charge in [-0.2, -0.15) is 0 Å². The minimum absolute atomic E-state index is 0.0307. The average molecular weight is 239 g/mol. The Labute approximate surface area is 103 Å². The van der Waals surface area contributed by atoms with Gasteiger partial charge < -0.3 is 10.4 Å². The van der Waals surface area contributed by atoms with Crippen LogP contribution in [0.25, 0.3) is 0 Å². The van der Waals surface area contributed by atoms with Crippen LogP contribution in [0.1, 0.15) is 44.4 Å². The molecule has 0 fully saturated rings. The highest BCUT2D eigenvalue weighted by Crippen LogP contribution is 2.17. The van der Waals surface area contributed by atoms with E-state index in [1.54, 1.807) is 26.0 Å². The highest BCUT2D eigenvalue weighted by Gasteiger charge is 2.18. The summed E-state index contributed by atoms with van der Waals surface area (Å²) >= 11 is 0. The van der Waals surface area contributed by atoms with Crippen LogP contribution in [0.3, 0.4) is 0 Å². The number of hydrogen-bond donors (Lipinski definition) is 2. The van der Waals surface area contributed by atoms with Crippen molar-refractivity contribution in [2.45, 2.75) is 45.8 Å². The van der Waals surface area contributed by atoms with Crippen molar-refractivity contribution >= 4 is 0 Å². The molecule has 0 aliphatic rings. The maximum Gasteiger partial charge on any atom is 0.126 e. The molecule has 0 spiro atoms. The van der Waals surface area contributed by atoms with E-state index in [9.17, 15) is 9.50 Å². The molecule has 96 valence electrons. The van der Waals surface area contributed by atoms with E-state index >= 15 is 0 Å². The summed E-state index contributed by atoms with van der Waals surface area (Å²) in [5.74, 6) is -0.182. The maximum atomic E-state index is 13.4. The van der Waals surface area contributed by atoms with Gasteiger partial charge in [0.2, 0.25) is 0 Å². The van der Waals surface area contributed by atoms with Crippen LogP contribution in [0.4, 0.5) is 4.39 Å². The monoisotopic (exact) mass is 239 g/mol. The number of nitrogens with one attached hydrogen (secondary N) is 1. The second-order valence-electron chi connectivity index (χ2n) is 4.96. The van der Waals surface area contributed by atoms with Crippen LogP contribution in [0.5, 0.6) is 0 Å². The molecule has 2 unspecified atom stereocenters. The van der Waals surface area contributed by atoms with E-state index in [0.717, 1.165) is 5.56 Å². The zero-order valence-corrected chi connectivity index (χ0v) is 11.0. The Bertz CT molecular complexity index is 376. The standard InChI is InChI=1S/C14H22FNO/c1-5-14(4,17)9-16-11(3)12-7-6-10(2)13(15)8-12/h6-8,11,16-17H,5,9H2,1-4H3. The van der Waals surface area contributed by atoms with Crippen LogP contribution in [-0.2, 0) is 0 Å². The van der Waals surface area contributed by atoms with E-state index in [2.05, 4.69) is 5.32 Å². The Morgan fingerprint density at radius 3 is 2.65 bits per heavy atom. The minimum atomic E-state index is -0.711. The first-order chi connectivity index (χ1) is 7.85. The summed E-state index contributed by atoms with van der Waals surface area (Å²) < 4.78 is 13.4. The van der Waals surface area contributed by atoms with Gasteiger partial charge in [0.15, 0.2) is 0 Å². The largest absolute Gasteiger partial charge is 0.389 e. The first-order valence-electron chi connectivity index (χ1n) is 6.07. The summed E-state index contributed by atoms with van der Waals surface area (Å²) in [6, 6.07) is 5.27. The molecule has 0 bridgehead atoms. The molecule has 0 saturated heterocycles. The van der Waals surface area contributed by atoms with Gasteiger partial charge in [0.05, 0.1) is 5.60 Å². The van der Waals surface area contributed by atoms with Crippen LogP contribution in [-0.4, -0.2) is 17.3 Å². The van der Waals surface area contributed by atoms with Crippen LogP contribution in [0.15, 0.2) is 18.2 Å². The highest BCUT2D eigenvalue weighted by atomic mass is 19.1. The first-order valence-corrected chi connectivity index (χ1v) is 6.07. The number of aliphatic hydroxyl groups is 1. The van der Waals surface area contributed by atoms with Crippen molar-refractivity contribution in [3.8, 4) is 0 Å². The fourth-order valence-electron chi connectivity index (χ4n) is 1.49. The quantitative estimate of drug-likeness (QED) is 0.828. The third-order valence-corrected chi connectivity index (χ3v) is 3.25. The summed E-state index contributed by atoms with van der Waals surface area (Å²) in [7, 11) is 0. The van der Waals surface area contributed by atoms with Gasteiger partial charge in [0.25, 0.3) is 0 Å². The highest BCUT2D eigenvalue weighted by molar-refractivity contribution is 5.25. The van der Waals surface area contributed by atoms with E-state index < -0.39 is 5.60 Å². The third-order valence-electron chi connectivity index (χ3n) is 3.25. The van der Waals surface area contributed by atoms with E-state index in [0.29, 0.717) is 18.5 Å². The first kappa shape index (κ1) is 14.1. The maximum absolute atomic E-state index is 13.4. The predicted octanol–water partition coefficient (Wildman–Crippen LogP) is 2.95. The molecule has 2 nitrogen and oxygen atoms in total. The summed E-state index contributed by atoms with van der Waals surface area (Å²) in [5.41, 5.74) is 0.846. The number of hydrogen-bond acceptors (Lipinski definition) is 2. The summed E-state index contributed by atoms with van der Waals surface area (Å²) in [6.07, 6.45) is 0.689. The zero-order valence-electron chi connectivity index (χ0n) is 11.0. The number of aryl methyl sites for hydroxylation is 1. The van der Waals surface area contributed by atoms with Crippen molar-refractivity contribution in [1.29, 1.82) is 0 Å². The van der Waals surface area contributed by atoms with E-state index in [4.69, 9.17) is 0 Å². The van der Waals surface area contributed by atoms with Gasteiger partial charge in [0.1, 0.15) is 5.82 Å². The van der Waals surface area contributed by atoms with Gasteiger partial charge in [-0.1, -0.05) is 19.1 Å². The Balaban J connectivity index is 2.64. The van der Waals surface area contributed by atoms with Gasteiger partial charge in [-0.25, -0.2) is 4.39 Å². The molecule has 3 heteroatoms. The fraction of sp³-hybridized carbons (Fsp3) is 0.571. The van der Waals surface area contributed by atoms with Gasteiger partial charge in [-0.15, -0.1) is 0 Å². The van der Waals surface area contributed by atoms with Crippen LogP contribution in [0.2, 0.25) is 0 Å². The van der Waals surface area contributed by atoms with Crippen molar-refractivity contribution in [3.05, 3.63) is 35.1 Å². The molecule has 0 heterocycles. The molecular weight excluding hydrogens is 217 g/mol. The molecule has 0 amide bonds. The fourth-order valence-corrected chi connectivity index (χ4v) is 1.49. The second kappa shape index (κ2) is 5.61. The van der Waals surface area contributed by atoms with Gasteiger partial charge >= 0.3 is 0 Å². The van der Waals surface area contributed by atoms with Gasteiger partial charge in [-0.3, -0.25) is 0 Å². The molecule has 1 aromatic rings. The summed E-state index contributed by atoms with van der Waals surface area (Å²) in [6.45, 7) is 7.95. The van der Waals surface area contributed by atoms with Crippen LogP contribution < -0.4 is 5.32 Å². The van der Waals surface area contributed by atoms with E-state index in [-0.39, 0.29) is 11.9 Å². The van der Waals surface area contributed by atoms with E-state index in [1.807, 2.05) is 19.9 Å². The molecule has 2 N–H and O–H groups in total. The zero-order chi connectivity index (χ0) is 13.1. The lowest BCUT2D eigenvalue weighted by Gasteiger charge is -2.24. The lowest BCUT2D eigenvalue weighted by molar-refractivity contribution is 0.0533. The molecule has 1 aromatic carbocycles. The summed E-state index contributed by atoms with van der Waals surface area (Å²) in [4.78, 5) is 0. The van der Waals surface area contributed by atoms with Crippen molar-refractivity contribution in [1.82, 2.24) is 5.32 Å². The molecule has 0 saturated carbocycles. The molecule has 2 atom stereocenters. The molecule has 1 rings (SSSR count). The Kier molecular flexibility index (Phi) is 4.66. The minimum Gasteiger partial charge on any atom is -0.389 e. The Morgan fingerprint density at radius 2 is 2.12 bits per heavy atom. The van der Waals surface area contributed by atoms with Crippen molar-refractivity contribution < 1.29 is 9.50 Å². The van der Waals surface area contributed by atoms with Crippen LogP contribution in [0, 0.1) is 12.7 Å². The number of halogens is 1. The van der Waals surface area contributed by atoms with E-state index in [1.165, 1.54) is 0 Å². The van der Waals surface area contributed by atoms with Crippen molar-refractivity contribution in [2.24, 2.45) is 0 Å². The smallest absolute Gasteiger partial charge is 0.126 e. The molecule has 0 aliphatic carbocycles. The molecule has 0 radical (unpaired) electrons. The van der Waals surface area contributed by atoms with Crippen molar-refractivity contribution in [2.75, 3.05) is 6.54 Å². The van der Waals surface area contributed by atoms with Gasteiger partial charge in [-0.05, 0) is 44.4 Å². The molecule has 0 aliphatic heterocycles. The average Bonchev–Trinajstić information content (AvgIpc) is 2.30. The molecular formula is C14H22FNO. The summed E-state index contributed by atoms with van der Waals surface area (Å²) in [5, 5.41) is 13.1. The van der Waals surface area contributed by atoms with Crippen LogP contribution >= 0.6 is 0 Å². The lowest BCUT2D eigenvalue weighted by Crippen LogP contribution is -2.38. The Morgan fingerprint density at radius 1 is 1.47 bits per heavy atom. The normalized spacial score (nSPS) is 16.6. The predicted molar refractivity (Wildman–Crippen MR) is 68.5 cm³/mol.